The van der Waals surface area contributed by atoms with Crippen LogP contribution in [-0.2, 0) is 11.8 Å². The Morgan fingerprint density at radius 2 is 1.60 bits per heavy atom. The van der Waals surface area contributed by atoms with Crippen LogP contribution in [0.25, 0.3) is 22.7 Å². The van der Waals surface area contributed by atoms with Gasteiger partial charge in [-0.3, -0.25) is 4.90 Å². The maximum Gasteiger partial charge on any atom is 0.113 e. The van der Waals surface area contributed by atoms with E-state index in [0.717, 1.165) is 19.4 Å². The molecule has 0 radical (unpaired) electrons. The zero-order valence-corrected chi connectivity index (χ0v) is 28.0. The second-order valence-corrected chi connectivity index (χ2v) is 14.2. The molecule has 0 saturated carbocycles. The third kappa shape index (κ3) is 4.48. The first kappa shape index (κ1) is 28.9. The molecule has 0 saturated heterocycles. The summed E-state index contributed by atoms with van der Waals surface area (Å²) < 4.78 is 2.42. The second-order valence-electron chi connectivity index (χ2n) is 14.2. The summed E-state index contributed by atoms with van der Waals surface area (Å²) >= 11 is 0. The molecule has 1 aromatic heterocycles. The number of anilines is 1. The molecule has 4 aromatic carbocycles. The summed E-state index contributed by atoms with van der Waals surface area (Å²) in [6, 6.07) is 38.0. The number of hydrogen-bond acceptors (Lipinski definition) is 2. The summed E-state index contributed by atoms with van der Waals surface area (Å²) in [6.45, 7) is 5.69. The first-order valence-electron chi connectivity index (χ1n) is 17.3. The first-order valence-corrected chi connectivity index (χ1v) is 17.3. The van der Waals surface area contributed by atoms with Gasteiger partial charge in [0.25, 0.3) is 0 Å². The Labute approximate surface area is 284 Å². The van der Waals surface area contributed by atoms with Crippen molar-refractivity contribution in [2.45, 2.75) is 43.9 Å². The standard InChI is InChI=1S/C45H41N3/c1-45(2)40-17-9-7-15-36(40)37-26-25-35(30-41(37)45)47(44-19-11-12-28-46(44)3)34-23-20-31(21-24-34)32-22-27-43-39(29-32)38-16-8-10-18-42(38)48(43)33-13-5-4-6-14-33/h4-25,27,30,32,37H,26,28-29H2,1-3H3. The van der Waals surface area contributed by atoms with E-state index in [-0.39, 0.29) is 5.41 Å². The zero-order valence-electron chi connectivity index (χ0n) is 28.0. The molecule has 0 fully saturated rings. The third-order valence-corrected chi connectivity index (χ3v) is 11.1. The van der Waals surface area contributed by atoms with E-state index in [9.17, 15) is 0 Å². The number of aromatic nitrogens is 1. The van der Waals surface area contributed by atoms with Crippen LogP contribution in [0.1, 0.15) is 60.1 Å². The monoisotopic (exact) mass is 623 g/mol. The van der Waals surface area contributed by atoms with E-state index in [0.29, 0.717) is 11.8 Å². The quantitative estimate of drug-likeness (QED) is 0.193. The zero-order chi connectivity index (χ0) is 32.4. The largest absolute Gasteiger partial charge is 0.357 e. The van der Waals surface area contributed by atoms with E-state index in [1.54, 1.807) is 0 Å². The third-order valence-electron chi connectivity index (χ3n) is 11.1. The lowest BCUT2D eigenvalue weighted by Gasteiger charge is -2.38. The van der Waals surface area contributed by atoms with Crippen LogP contribution in [0.15, 0.2) is 157 Å². The van der Waals surface area contributed by atoms with Crippen molar-refractivity contribution in [3.63, 3.8) is 0 Å². The minimum Gasteiger partial charge on any atom is -0.357 e. The summed E-state index contributed by atoms with van der Waals surface area (Å²) in [5, 5.41) is 1.35. The van der Waals surface area contributed by atoms with Gasteiger partial charge < -0.3 is 9.47 Å². The summed E-state index contributed by atoms with van der Waals surface area (Å²) in [7, 11) is 2.20. The van der Waals surface area contributed by atoms with Crippen molar-refractivity contribution in [3.8, 4) is 5.69 Å². The number of nitrogens with zero attached hydrogens (tertiary/aromatic N) is 3. The van der Waals surface area contributed by atoms with Crippen LogP contribution in [0.2, 0.25) is 0 Å². The van der Waals surface area contributed by atoms with E-state index < -0.39 is 0 Å². The topological polar surface area (TPSA) is 11.4 Å². The number of fused-ring (bicyclic) bond motifs is 6. The number of rotatable bonds is 5. The van der Waals surface area contributed by atoms with Gasteiger partial charge in [-0.1, -0.05) is 117 Å². The lowest BCUT2D eigenvalue weighted by atomic mass is 9.78. The van der Waals surface area contributed by atoms with E-state index >= 15 is 0 Å². The molecular weight excluding hydrogens is 583 g/mol. The van der Waals surface area contributed by atoms with Crippen LogP contribution in [0, 0.1) is 0 Å². The molecule has 3 aliphatic carbocycles. The van der Waals surface area contributed by atoms with Gasteiger partial charge >= 0.3 is 0 Å². The van der Waals surface area contributed by atoms with E-state index in [1.165, 1.54) is 67.3 Å². The maximum absolute atomic E-state index is 2.49. The number of para-hydroxylation sites is 2. The SMILES string of the molecule is CN1CC=CC=C1N(C1=CCC2C(=C1)C(C)(C)c1ccccc12)c1ccc(C2C=Cc3c(c4ccccc4n3-c3ccccc3)C2)cc1. The van der Waals surface area contributed by atoms with Crippen LogP contribution < -0.4 is 4.90 Å². The fraction of sp³-hybridized carbons (Fsp3) is 0.200. The summed E-state index contributed by atoms with van der Waals surface area (Å²) in [5.41, 5.74) is 13.5. The number of benzene rings is 4. The van der Waals surface area contributed by atoms with Gasteiger partial charge in [-0.15, -0.1) is 0 Å². The normalized spacial score (nSPS) is 20.5. The minimum absolute atomic E-state index is 0.0127. The van der Waals surface area contributed by atoms with Crippen LogP contribution in [0.5, 0.6) is 0 Å². The number of hydrogen-bond donors (Lipinski definition) is 0. The van der Waals surface area contributed by atoms with Gasteiger partial charge in [0.05, 0.1) is 5.52 Å². The average Bonchev–Trinajstić information content (AvgIpc) is 3.58. The van der Waals surface area contributed by atoms with Crippen LogP contribution >= 0.6 is 0 Å². The smallest absolute Gasteiger partial charge is 0.113 e. The van der Waals surface area contributed by atoms with Gasteiger partial charge in [0.2, 0.25) is 0 Å². The molecule has 0 N–H and O–H groups in total. The molecule has 2 atom stereocenters. The summed E-state index contributed by atoms with van der Waals surface area (Å²) in [6.07, 6.45) is 18.4. The molecule has 48 heavy (non-hydrogen) atoms. The Hall–Kier alpha value is -5.28. The van der Waals surface area contributed by atoms with Crippen molar-refractivity contribution in [1.82, 2.24) is 9.47 Å². The van der Waals surface area contributed by atoms with Gasteiger partial charge in [0.1, 0.15) is 5.82 Å². The lowest BCUT2D eigenvalue weighted by molar-refractivity contribution is 0.447. The second kappa shape index (κ2) is 11.2. The van der Waals surface area contributed by atoms with Crippen molar-refractivity contribution < 1.29 is 0 Å². The van der Waals surface area contributed by atoms with E-state index in [2.05, 4.69) is 181 Å². The molecule has 1 aliphatic heterocycles. The average molecular weight is 624 g/mol. The molecule has 2 unspecified atom stereocenters. The van der Waals surface area contributed by atoms with E-state index in [4.69, 9.17) is 0 Å². The van der Waals surface area contributed by atoms with Gasteiger partial charge in [-0.05, 0) is 83.7 Å². The van der Waals surface area contributed by atoms with Gasteiger partial charge in [-0.2, -0.15) is 0 Å². The van der Waals surface area contributed by atoms with Crippen molar-refractivity contribution in [3.05, 3.63) is 185 Å². The fourth-order valence-electron chi connectivity index (χ4n) is 8.70. The molecule has 0 bridgehead atoms. The maximum atomic E-state index is 2.49. The molecule has 2 heterocycles. The van der Waals surface area contributed by atoms with Crippen LogP contribution in [-0.4, -0.2) is 23.1 Å². The highest BCUT2D eigenvalue weighted by atomic mass is 15.3. The minimum atomic E-state index is 0.0127. The fourth-order valence-corrected chi connectivity index (χ4v) is 8.70. The Morgan fingerprint density at radius 3 is 2.44 bits per heavy atom. The summed E-state index contributed by atoms with van der Waals surface area (Å²) in [4.78, 5) is 4.82. The van der Waals surface area contributed by atoms with E-state index in [1.807, 2.05) is 0 Å². The summed E-state index contributed by atoms with van der Waals surface area (Å²) in [5.74, 6) is 1.98. The molecule has 0 spiro atoms. The Morgan fingerprint density at radius 1 is 0.833 bits per heavy atom. The molecule has 9 rings (SSSR count). The van der Waals surface area contributed by atoms with Gasteiger partial charge in [0, 0.05) is 59.0 Å². The molecule has 236 valence electrons. The van der Waals surface area contributed by atoms with Crippen LogP contribution in [0.4, 0.5) is 5.69 Å². The highest BCUT2D eigenvalue weighted by Gasteiger charge is 2.42. The molecule has 3 nitrogen and oxygen atoms in total. The highest BCUT2D eigenvalue weighted by Crippen LogP contribution is 2.54. The van der Waals surface area contributed by atoms with Crippen molar-refractivity contribution in [1.29, 1.82) is 0 Å². The Balaban J connectivity index is 1.07. The van der Waals surface area contributed by atoms with Gasteiger partial charge in [-0.25, -0.2) is 0 Å². The first-order chi connectivity index (χ1) is 23.5. The Kier molecular flexibility index (Phi) is 6.72. The molecule has 3 heteroatoms. The predicted molar refractivity (Wildman–Crippen MR) is 201 cm³/mol. The van der Waals surface area contributed by atoms with Crippen LogP contribution in [0.3, 0.4) is 0 Å². The van der Waals surface area contributed by atoms with Crippen molar-refractivity contribution in [2.75, 3.05) is 18.5 Å². The molecular formula is C45H41N3. The van der Waals surface area contributed by atoms with Gasteiger partial charge in [0.15, 0.2) is 0 Å². The lowest BCUT2D eigenvalue weighted by Crippen LogP contribution is -2.34. The predicted octanol–water partition coefficient (Wildman–Crippen LogP) is 10.4. The highest BCUT2D eigenvalue weighted by molar-refractivity contribution is 5.91. The van der Waals surface area contributed by atoms with Crippen molar-refractivity contribution in [2.24, 2.45) is 0 Å². The number of likely N-dealkylation sites (N-methyl/N-ethyl adjacent to an activating group) is 1. The molecule has 4 aliphatic rings. The van der Waals surface area contributed by atoms with Crippen molar-refractivity contribution >= 4 is 22.7 Å². The molecule has 5 aromatic rings. The Bertz CT molecular complexity index is 2200. The molecule has 0 amide bonds. The number of allylic oxidation sites excluding steroid dienone is 6.